The van der Waals surface area contributed by atoms with E-state index in [0.29, 0.717) is 6.42 Å². The third-order valence-electron chi connectivity index (χ3n) is 3.98. The molecule has 0 aromatic rings. The zero-order valence-corrected chi connectivity index (χ0v) is 16.7. The molecule has 0 rings (SSSR count). The van der Waals surface area contributed by atoms with Crippen molar-refractivity contribution >= 4 is 16.1 Å². The van der Waals surface area contributed by atoms with E-state index in [1.807, 2.05) is 13.0 Å². The van der Waals surface area contributed by atoms with Crippen LogP contribution in [0.3, 0.4) is 0 Å². The van der Waals surface area contributed by atoms with E-state index < -0.39 is 10.1 Å². The lowest BCUT2D eigenvalue weighted by molar-refractivity contribution is -0.146. The van der Waals surface area contributed by atoms with Crippen LogP contribution in [-0.2, 0) is 19.6 Å². The third-order valence-corrected chi connectivity index (χ3v) is 4.79. The molecule has 1 atom stereocenters. The van der Waals surface area contributed by atoms with Gasteiger partial charge in [-0.05, 0) is 38.7 Å². The number of rotatable bonds is 16. The molecule has 0 heterocycles. The molecule has 0 aromatic carbocycles. The second kappa shape index (κ2) is 15.4. The van der Waals surface area contributed by atoms with Crippen LogP contribution >= 0.6 is 0 Å². The van der Waals surface area contributed by atoms with Crippen LogP contribution in [0.5, 0.6) is 0 Å². The summed E-state index contributed by atoms with van der Waals surface area (Å²) in [5, 5.41) is 0. The summed E-state index contributed by atoms with van der Waals surface area (Å²) in [4.78, 5) is 11.6. The van der Waals surface area contributed by atoms with E-state index in [1.165, 1.54) is 51.4 Å². The fourth-order valence-electron chi connectivity index (χ4n) is 2.54. The van der Waals surface area contributed by atoms with Gasteiger partial charge in [0.2, 0.25) is 0 Å². The first kappa shape index (κ1) is 24.1. The quantitative estimate of drug-likeness (QED) is 0.176. The van der Waals surface area contributed by atoms with Crippen molar-refractivity contribution in [3.05, 3.63) is 12.2 Å². The first-order valence-corrected chi connectivity index (χ1v) is 11.3. The van der Waals surface area contributed by atoms with E-state index >= 15 is 0 Å². The molecule has 0 aliphatic heterocycles. The summed E-state index contributed by atoms with van der Waals surface area (Å²) < 4.78 is 34.9. The first-order valence-electron chi connectivity index (χ1n) is 9.66. The van der Waals surface area contributed by atoms with E-state index in [2.05, 4.69) is 13.0 Å². The van der Waals surface area contributed by atoms with Crippen molar-refractivity contribution in [2.45, 2.75) is 97.0 Å². The minimum atomic E-state index is -3.94. The molecule has 0 amide bonds. The van der Waals surface area contributed by atoms with Crippen LogP contribution in [0, 0.1) is 0 Å². The summed E-state index contributed by atoms with van der Waals surface area (Å²) in [5.74, 6) is -0.645. The topological polar surface area (TPSA) is 80.7 Å². The van der Waals surface area contributed by atoms with Crippen molar-refractivity contribution in [1.82, 2.24) is 0 Å². The fourth-order valence-corrected chi connectivity index (χ4v) is 3.11. The Balaban J connectivity index is 3.55. The number of ether oxygens (including phenoxy) is 1. The maximum absolute atomic E-state index is 11.6. The van der Waals surface area contributed by atoms with Crippen molar-refractivity contribution in [2.75, 3.05) is 5.75 Å². The molecule has 0 radical (unpaired) electrons. The van der Waals surface area contributed by atoms with Gasteiger partial charge in [0.05, 0.1) is 5.75 Å². The Morgan fingerprint density at radius 3 is 2.20 bits per heavy atom. The Kier molecular flexibility index (Phi) is 14.8. The molecule has 0 bridgehead atoms. The molecule has 0 aliphatic carbocycles. The van der Waals surface area contributed by atoms with Gasteiger partial charge in [0, 0.05) is 6.42 Å². The number of hydrogen-bond acceptors (Lipinski definition) is 4. The molecule has 0 saturated carbocycles. The van der Waals surface area contributed by atoms with Crippen molar-refractivity contribution < 1.29 is 22.5 Å². The molecule has 6 heteroatoms. The lowest BCUT2D eigenvalue weighted by Gasteiger charge is -2.09. The number of esters is 1. The molecule has 1 unspecified atom stereocenters. The highest BCUT2D eigenvalue weighted by Gasteiger charge is 2.08. The molecular weight excluding hydrogens is 340 g/mol. The van der Waals surface area contributed by atoms with Crippen LogP contribution in [0.15, 0.2) is 12.2 Å². The fraction of sp³-hybridized carbons (Fsp3) is 0.842. The summed E-state index contributed by atoms with van der Waals surface area (Å²) in [6.07, 6.45) is 15.9. The second-order valence-corrected chi connectivity index (χ2v) is 8.20. The maximum Gasteiger partial charge on any atom is 0.306 e. The number of carbonyl (C=O) groups excluding carboxylic acids is 1. The molecule has 1 N–H and O–H groups in total. The summed E-state index contributed by atoms with van der Waals surface area (Å²) >= 11 is 0. The molecule has 0 saturated heterocycles. The van der Waals surface area contributed by atoms with E-state index in [0.717, 1.165) is 6.42 Å². The van der Waals surface area contributed by atoms with Crippen molar-refractivity contribution in [3.63, 3.8) is 0 Å². The molecule has 0 spiro atoms. The Morgan fingerprint density at radius 1 is 1.00 bits per heavy atom. The highest BCUT2D eigenvalue weighted by Crippen LogP contribution is 2.10. The van der Waals surface area contributed by atoms with Gasteiger partial charge in [-0.1, -0.05) is 57.9 Å². The predicted octanol–water partition coefficient (Wildman–Crippen LogP) is 5.06. The summed E-state index contributed by atoms with van der Waals surface area (Å²) in [5.41, 5.74) is 0. The number of carbonyl (C=O) groups is 1. The molecule has 0 fully saturated rings. The monoisotopic (exact) mass is 376 g/mol. The number of hydrogen-bond donors (Lipinski definition) is 1. The van der Waals surface area contributed by atoms with Gasteiger partial charge in [-0.15, -0.1) is 0 Å². The normalized spacial score (nSPS) is 13.2. The van der Waals surface area contributed by atoms with Crippen molar-refractivity contribution in [2.24, 2.45) is 0 Å². The van der Waals surface area contributed by atoms with Gasteiger partial charge in [0.15, 0.2) is 0 Å². The summed E-state index contributed by atoms with van der Waals surface area (Å²) in [7, 11) is -3.94. The minimum absolute atomic E-state index is 0.172. The average molecular weight is 377 g/mol. The van der Waals surface area contributed by atoms with E-state index in [1.54, 1.807) is 0 Å². The lowest BCUT2D eigenvalue weighted by atomic mass is 10.1. The Morgan fingerprint density at radius 2 is 1.60 bits per heavy atom. The predicted molar refractivity (Wildman–Crippen MR) is 102 cm³/mol. The Bertz CT molecular complexity index is 456. The molecular formula is C19H36O5S. The average Bonchev–Trinajstić information content (AvgIpc) is 2.52. The number of allylic oxidation sites excluding steroid dienone is 1. The highest BCUT2D eigenvalue weighted by atomic mass is 32.2. The zero-order chi connectivity index (χ0) is 19.0. The minimum Gasteiger partial charge on any atom is -0.458 e. The van der Waals surface area contributed by atoms with Gasteiger partial charge >= 0.3 is 5.97 Å². The summed E-state index contributed by atoms with van der Waals surface area (Å²) in [6.45, 7) is 4.05. The third kappa shape index (κ3) is 19.3. The van der Waals surface area contributed by atoms with Gasteiger partial charge < -0.3 is 4.74 Å². The molecule has 0 aromatic heterocycles. The molecule has 5 nitrogen and oxygen atoms in total. The van der Waals surface area contributed by atoms with Crippen LogP contribution in [0.4, 0.5) is 0 Å². The zero-order valence-electron chi connectivity index (χ0n) is 15.9. The number of unbranched alkanes of at least 4 members (excludes halogenated alkanes) is 9. The molecule has 148 valence electrons. The van der Waals surface area contributed by atoms with Gasteiger partial charge in [-0.3, -0.25) is 9.35 Å². The van der Waals surface area contributed by atoms with Crippen LogP contribution in [0.2, 0.25) is 0 Å². The van der Waals surface area contributed by atoms with Crippen LogP contribution in [0.1, 0.15) is 90.9 Å². The largest absolute Gasteiger partial charge is 0.458 e. The SMILES string of the molecule is CCCCCCCCCC/C=C/C(C)OC(=O)CCCCS(=O)(=O)O. The van der Waals surface area contributed by atoms with Crippen molar-refractivity contribution in [1.29, 1.82) is 0 Å². The molecule has 25 heavy (non-hydrogen) atoms. The standard InChI is InChI=1S/C19H36O5S/c1-3-4-5-6-7-8-9-10-11-12-15-18(2)24-19(20)16-13-14-17-25(21,22)23/h12,15,18H,3-11,13-14,16-17H2,1-2H3,(H,21,22,23)/b15-12+. The van der Waals surface area contributed by atoms with Crippen LogP contribution in [-0.4, -0.2) is 30.8 Å². The van der Waals surface area contributed by atoms with Crippen LogP contribution in [0.25, 0.3) is 0 Å². The lowest BCUT2D eigenvalue weighted by Crippen LogP contribution is -2.13. The summed E-state index contributed by atoms with van der Waals surface area (Å²) in [6, 6.07) is 0. The molecule has 0 aliphatic rings. The van der Waals surface area contributed by atoms with Gasteiger partial charge in [0.1, 0.15) is 6.10 Å². The van der Waals surface area contributed by atoms with E-state index in [9.17, 15) is 13.2 Å². The van der Waals surface area contributed by atoms with E-state index in [-0.39, 0.29) is 30.7 Å². The Labute approximate surface area is 154 Å². The maximum atomic E-state index is 11.6. The second-order valence-electron chi connectivity index (χ2n) is 6.63. The van der Waals surface area contributed by atoms with Gasteiger partial charge in [-0.2, -0.15) is 8.42 Å². The van der Waals surface area contributed by atoms with Gasteiger partial charge in [0.25, 0.3) is 10.1 Å². The van der Waals surface area contributed by atoms with Crippen molar-refractivity contribution in [3.8, 4) is 0 Å². The van der Waals surface area contributed by atoms with Gasteiger partial charge in [-0.25, -0.2) is 0 Å². The highest BCUT2D eigenvalue weighted by molar-refractivity contribution is 7.85. The van der Waals surface area contributed by atoms with E-state index in [4.69, 9.17) is 9.29 Å². The first-order chi connectivity index (χ1) is 11.8. The smallest absolute Gasteiger partial charge is 0.306 e. The Hall–Kier alpha value is -0.880. The van der Waals surface area contributed by atoms with Crippen LogP contribution < -0.4 is 0 Å².